The van der Waals surface area contributed by atoms with Crippen molar-refractivity contribution in [1.82, 2.24) is 9.55 Å². The fourth-order valence-electron chi connectivity index (χ4n) is 1.09. The van der Waals surface area contributed by atoms with E-state index < -0.39 is 0 Å². The molecule has 0 spiro atoms. The van der Waals surface area contributed by atoms with Crippen LogP contribution in [0.2, 0.25) is 0 Å². The molecule has 6 heteroatoms. The molecule has 0 saturated carbocycles. The Morgan fingerprint density at radius 1 is 1.50 bits per heavy atom. The van der Waals surface area contributed by atoms with Crippen LogP contribution in [0.25, 0.3) is 0 Å². The van der Waals surface area contributed by atoms with Crippen LogP contribution in [0.4, 0.5) is 5.95 Å². The fraction of sp³-hybridized carbons (Fsp3) is 0.167. The van der Waals surface area contributed by atoms with Crippen LogP contribution in [0.15, 0.2) is 17.1 Å². The van der Waals surface area contributed by atoms with Gasteiger partial charge in [0.15, 0.2) is 0 Å². The highest BCUT2D eigenvalue weighted by Crippen LogP contribution is 2.10. The average molecular weight is 166 g/mol. The number of rotatable bonds is 0. The number of hydrazine groups is 1. The number of amides is 1. The van der Waals surface area contributed by atoms with Gasteiger partial charge >= 0.3 is 0 Å². The Kier molecular flexibility index (Phi) is 1.25. The van der Waals surface area contributed by atoms with Crippen molar-refractivity contribution in [2.24, 2.45) is 5.84 Å². The molecule has 0 aliphatic carbocycles. The Morgan fingerprint density at radius 3 is 2.92 bits per heavy atom. The van der Waals surface area contributed by atoms with Gasteiger partial charge in [-0.15, -0.1) is 0 Å². The second-order valence-electron chi connectivity index (χ2n) is 2.43. The maximum absolute atomic E-state index is 11.1. The zero-order valence-corrected chi connectivity index (χ0v) is 6.10. The maximum atomic E-state index is 11.1. The predicted octanol–water partition coefficient (Wildman–Crippen LogP) is -1.54. The Morgan fingerprint density at radius 2 is 2.25 bits per heavy atom. The van der Waals surface area contributed by atoms with E-state index in [2.05, 4.69) is 4.98 Å². The Balaban J connectivity index is 2.68. The van der Waals surface area contributed by atoms with E-state index in [0.29, 0.717) is 0 Å². The van der Waals surface area contributed by atoms with Crippen LogP contribution in [0.5, 0.6) is 0 Å². The molecule has 0 bridgehead atoms. The molecule has 0 atom stereocenters. The lowest BCUT2D eigenvalue weighted by Gasteiger charge is -2.04. The first-order chi connectivity index (χ1) is 5.70. The van der Waals surface area contributed by atoms with E-state index in [1.165, 1.54) is 16.8 Å². The van der Waals surface area contributed by atoms with Crippen LogP contribution >= 0.6 is 0 Å². The monoisotopic (exact) mass is 166 g/mol. The highest BCUT2D eigenvalue weighted by Gasteiger charge is 2.26. The van der Waals surface area contributed by atoms with Gasteiger partial charge in [0.1, 0.15) is 6.54 Å². The molecule has 1 aromatic rings. The Hall–Kier alpha value is -1.69. The molecule has 0 fully saturated rings. The van der Waals surface area contributed by atoms with Crippen LogP contribution in [0.3, 0.4) is 0 Å². The summed E-state index contributed by atoms with van der Waals surface area (Å²) in [6.07, 6.45) is 1.33. The summed E-state index contributed by atoms with van der Waals surface area (Å²) in [6.45, 7) is -0.0154. The summed E-state index contributed by atoms with van der Waals surface area (Å²) < 4.78 is 1.22. The predicted molar refractivity (Wildman–Crippen MR) is 40.2 cm³/mol. The van der Waals surface area contributed by atoms with E-state index in [0.717, 1.165) is 5.01 Å². The fourth-order valence-corrected chi connectivity index (χ4v) is 1.09. The van der Waals surface area contributed by atoms with Crippen molar-refractivity contribution in [2.75, 3.05) is 5.01 Å². The topological polar surface area (TPSA) is 81.2 Å². The first-order valence-electron chi connectivity index (χ1n) is 3.33. The largest absolute Gasteiger partial charge is 0.271 e. The summed E-state index contributed by atoms with van der Waals surface area (Å²) in [5.41, 5.74) is -0.263. The molecular weight excluding hydrogens is 160 g/mol. The summed E-state index contributed by atoms with van der Waals surface area (Å²) in [5.74, 6) is 5.19. The number of carbonyl (C=O) groups is 1. The molecule has 1 aliphatic heterocycles. The molecule has 1 aliphatic rings. The lowest BCUT2D eigenvalue weighted by atomic mass is 10.6. The number of anilines is 1. The van der Waals surface area contributed by atoms with Gasteiger partial charge < -0.3 is 0 Å². The molecule has 2 rings (SSSR count). The van der Waals surface area contributed by atoms with Gasteiger partial charge in [0.2, 0.25) is 5.95 Å². The van der Waals surface area contributed by atoms with Gasteiger partial charge in [-0.3, -0.25) is 14.2 Å². The van der Waals surface area contributed by atoms with Crippen molar-refractivity contribution in [1.29, 1.82) is 0 Å². The summed E-state index contributed by atoms with van der Waals surface area (Å²) in [6, 6.07) is 1.29. The van der Waals surface area contributed by atoms with Gasteiger partial charge in [0.05, 0.1) is 0 Å². The van der Waals surface area contributed by atoms with Crippen LogP contribution in [0, 0.1) is 0 Å². The maximum Gasteiger partial charge on any atom is 0.263 e. The SMILES string of the molecule is NN1C(=O)Cn2c1nccc2=O. The van der Waals surface area contributed by atoms with Crippen LogP contribution < -0.4 is 16.4 Å². The summed E-state index contributed by atoms with van der Waals surface area (Å²) >= 11 is 0. The molecule has 62 valence electrons. The highest BCUT2D eigenvalue weighted by atomic mass is 16.2. The van der Waals surface area contributed by atoms with Crippen LogP contribution in [0.1, 0.15) is 0 Å². The second kappa shape index (κ2) is 2.15. The van der Waals surface area contributed by atoms with Crippen molar-refractivity contribution in [3.05, 3.63) is 22.6 Å². The third kappa shape index (κ3) is 0.751. The van der Waals surface area contributed by atoms with Gasteiger partial charge in [0.25, 0.3) is 11.5 Å². The summed E-state index contributed by atoms with van der Waals surface area (Å²) in [4.78, 5) is 25.9. The lowest BCUT2D eigenvalue weighted by Crippen LogP contribution is -2.34. The van der Waals surface area contributed by atoms with E-state index in [9.17, 15) is 9.59 Å². The minimum Gasteiger partial charge on any atom is -0.271 e. The Bertz CT molecular complexity index is 397. The van der Waals surface area contributed by atoms with Gasteiger partial charge in [0, 0.05) is 12.3 Å². The number of nitrogens with two attached hydrogens (primary N) is 1. The first kappa shape index (κ1) is 6.99. The van der Waals surface area contributed by atoms with E-state index in [1.807, 2.05) is 0 Å². The number of carbonyl (C=O) groups excluding carboxylic acids is 1. The summed E-state index contributed by atoms with van der Waals surface area (Å²) in [7, 11) is 0. The van der Waals surface area contributed by atoms with Crippen molar-refractivity contribution in [3.63, 3.8) is 0 Å². The van der Waals surface area contributed by atoms with Crippen LogP contribution in [-0.2, 0) is 11.3 Å². The minimum absolute atomic E-state index is 0.0154. The molecule has 6 nitrogen and oxygen atoms in total. The number of hydrogen-bond donors (Lipinski definition) is 1. The molecule has 2 heterocycles. The quantitative estimate of drug-likeness (QED) is 0.374. The molecule has 0 aromatic carbocycles. The Labute approximate surface area is 67.2 Å². The molecule has 1 amide bonds. The lowest BCUT2D eigenvalue weighted by molar-refractivity contribution is -0.118. The van der Waals surface area contributed by atoms with E-state index in [-0.39, 0.29) is 24.0 Å². The standard InChI is InChI=1S/C6H6N4O2/c7-10-5(12)3-9-4(11)1-2-8-6(9)10/h1-2H,3,7H2. The first-order valence-corrected chi connectivity index (χ1v) is 3.33. The smallest absolute Gasteiger partial charge is 0.263 e. The number of nitrogens with zero attached hydrogens (tertiary/aromatic N) is 3. The van der Waals surface area contributed by atoms with Crippen LogP contribution in [-0.4, -0.2) is 15.5 Å². The summed E-state index contributed by atoms with van der Waals surface area (Å²) in [5, 5.41) is 0.876. The molecule has 2 N–H and O–H groups in total. The molecule has 0 radical (unpaired) electrons. The van der Waals surface area contributed by atoms with Crippen molar-refractivity contribution in [2.45, 2.75) is 6.54 Å². The van der Waals surface area contributed by atoms with Gasteiger partial charge in [-0.05, 0) is 0 Å². The second-order valence-corrected chi connectivity index (χ2v) is 2.43. The highest BCUT2D eigenvalue weighted by molar-refractivity contribution is 5.93. The third-order valence-electron chi connectivity index (χ3n) is 1.69. The molecule has 1 aromatic heterocycles. The van der Waals surface area contributed by atoms with E-state index >= 15 is 0 Å². The normalized spacial score (nSPS) is 15.1. The van der Waals surface area contributed by atoms with Crippen molar-refractivity contribution < 1.29 is 4.79 Å². The zero-order chi connectivity index (χ0) is 8.72. The average Bonchev–Trinajstić information content (AvgIpc) is 2.32. The number of fused-ring (bicyclic) bond motifs is 1. The number of aromatic nitrogens is 2. The van der Waals surface area contributed by atoms with E-state index in [1.54, 1.807) is 0 Å². The van der Waals surface area contributed by atoms with Gasteiger partial charge in [-0.25, -0.2) is 15.8 Å². The molecule has 0 saturated heterocycles. The molecular formula is C6H6N4O2. The zero-order valence-electron chi connectivity index (χ0n) is 6.10. The molecule has 12 heavy (non-hydrogen) atoms. The van der Waals surface area contributed by atoms with Crippen molar-refractivity contribution >= 4 is 11.9 Å². The van der Waals surface area contributed by atoms with E-state index in [4.69, 9.17) is 5.84 Å². The van der Waals surface area contributed by atoms with Gasteiger partial charge in [-0.2, -0.15) is 0 Å². The molecule has 0 unspecified atom stereocenters. The minimum atomic E-state index is -0.328. The van der Waals surface area contributed by atoms with Gasteiger partial charge in [-0.1, -0.05) is 0 Å². The van der Waals surface area contributed by atoms with Crippen molar-refractivity contribution in [3.8, 4) is 0 Å². The third-order valence-corrected chi connectivity index (χ3v) is 1.69. The number of hydrogen-bond acceptors (Lipinski definition) is 4.